The molecule has 0 radical (unpaired) electrons. The fourth-order valence-electron chi connectivity index (χ4n) is 3.40. The lowest BCUT2D eigenvalue weighted by Crippen LogP contribution is -2.38. The van der Waals surface area contributed by atoms with Gasteiger partial charge in [-0.15, -0.1) is 0 Å². The van der Waals surface area contributed by atoms with E-state index in [-0.39, 0.29) is 11.8 Å². The molecule has 0 aromatic carbocycles. The number of fused-ring (bicyclic) bond motifs is 2. The molecule has 1 amide bonds. The highest BCUT2D eigenvalue weighted by Gasteiger charge is 2.32. The highest BCUT2D eigenvalue weighted by atomic mass is 16.1. The Balaban J connectivity index is 2.17. The first-order valence-electron chi connectivity index (χ1n) is 6.88. The summed E-state index contributed by atoms with van der Waals surface area (Å²) >= 11 is 0. The summed E-state index contributed by atoms with van der Waals surface area (Å²) in [5.74, 6) is 0.890. The minimum atomic E-state index is -0.130. The normalized spacial score (nSPS) is 38.6. The van der Waals surface area contributed by atoms with Crippen LogP contribution in [0.3, 0.4) is 0 Å². The van der Waals surface area contributed by atoms with Crippen LogP contribution in [0.1, 0.15) is 44.9 Å². The number of nitrogens with two attached hydrogens (primary N) is 2. The Morgan fingerprint density at radius 1 is 1.06 bits per heavy atom. The van der Waals surface area contributed by atoms with Gasteiger partial charge in [-0.3, -0.25) is 4.79 Å². The molecular formula is C14H24N2O. The average Bonchev–Trinajstić information content (AvgIpc) is 2.22. The molecule has 1 fully saturated rings. The summed E-state index contributed by atoms with van der Waals surface area (Å²) in [6.45, 7) is 0. The summed E-state index contributed by atoms with van der Waals surface area (Å²) in [7, 11) is 0. The molecule has 3 heteroatoms. The molecule has 4 atom stereocenters. The molecule has 2 aliphatic rings. The second kappa shape index (κ2) is 5.67. The van der Waals surface area contributed by atoms with Crippen LogP contribution < -0.4 is 11.5 Å². The topological polar surface area (TPSA) is 69.1 Å². The summed E-state index contributed by atoms with van der Waals surface area (Å²) < 4.78 is 0. The van der Waals surface area contributed by atoms with Crippen LogP contribution in [0.15, 0.2) is 12.2 Å². The molecule has 0 saturated heterocycles. The molecule has 17 heavy (non-hydrogen) atoms. The van der Waals surface area contributed by atoms with E-state index in [9.17, 15) is 4.79 Å². The van der Waals surface area contributed by atoms with Gasteiger partial charge in [-0.25, -0.2) is 0 Å². The molecule has 0 heterocycles. The third-order valence-electron chi connectivity index (χ3n) is 4.50. The van der Waals surface area contributed by atoms with E-state index in [0.29, 0.717) is 17.9 Å². The van der Waals surface area contributed by atoms with Crippen LogP contribution in [0.2, 0.25) is 0 Å². The predicted molar refractivity (Wildman–Crippen MR) is 69.1 cm³/mol. The zero-order valence-corrected chi connectivity index (χ0v) is 10.5. The average molecular weight is 236 g/mol. The summed E-state index contributed by atoms with van der Waals surface area (Å²) in [4.78, 5) is 11.6. The van der Waals surface area contributed by atoms with Crippen molar-refractivity contribution in [2.24, 2.45) is 29.2 Å². The molecule has 2 aliphatic carbocycles. The van der Waals surface area contributed by atoms with Crippen LogP contribution in [0, 0.1) is 17.8 Å². The standard InChI is InChI=1S/C14H24N2O/c15-13-8-4-2-5-10-9-11(13)6-1-3-7-12(10)14(16)17/h1,3,10-13H,2,4-9,15H2,(H2,16,17). The molecular weight excluding hydrogens is 212 g/mol. The minimum Gasteiger partial charge on any atom is -0.369 e. The van der Waals surface area contributed by atoms with E-state index in [2.05, 4.69) is 12.2 Å². The van der Waals surface area contributed by atoms with Gasteiger partial charge in [0.25, 0.3) is 0 Å². The van der Waals surface area contributed by atoms with Gasteiger partial charge in [-0.1, -0.05) is 25.0 Å². The van der Waals surface area contributed by atoms with Crippen molar-refractivity contribution in [2.75, 3.05) is 0 Å². The van der Waals surface area contributed by atoms with E-state index in [1.165, 1.54) is 12.8 Å². The number of amides is 1. The maximum absolute atomic E-state index is 11.6. The SMILES string of the molecule is NC(=O)C1CC=CCC2CC1CCCCC2N. The molecule has 2 rings (SSSR count). The van der Waals surface area contributed by atoms with Crippen molar-refractivity contribution in [3.63, 3.8) is 0 Å². The zero-order chi connectivity index (χ0) is 12.3. The van der Waals surface area contributed by atoms with Gasteiger partial charge in [0.2, 0.25) is 5.91 Å². The number of carbonyl (C=O) groups is 1. The van der Waals surface area contributed by atoms with Crippen molar-refractivity contribution in [3.8, 4) is 0 Å². The number of allylic oxidation sites excluding steroid dienone is 2. The fourth-order valence-corrected chi connectivity index (χ4v) is 3.40. The Bertz CT molecular complexity index is 301. The number of hydrogen-bond acceptors (Lipinski definition) is 2. The van der Waals surface area contributed by atoms with E-state index >= 15 is 0 Å². The van der Waals surface area contributed by atoms with Crippen molar-refractivity contribution in [1.29, 1.82) is 0 Å². The Kier molecular flexibility index (Phi) is 4.21. The van der Waals surface area contributed by atoms with Crippen LogP contribution in [0.5, 0.6) is 0 Å². The molecule has 4 N–H and O–H groups in total. The first-order chi connectivity index (χ1) is 8.18. The second-order valence-corrected chi connectivity index (χ2v) is 5.66. The van der Waals surface area contributed by atoms with Crippen molar-refractivity contribution in [2.45, 2.75) is 51.0 Å². The Morgan fingerprint density at radius 3 is 2.53 bits per heavy atom. The van der Waals surface area contributed by atoms with Gasteiger partial charge in [-0.05, 0) is 43.9 Å². The predicted octanol–water partition coefficient (Wildman–Crippen LogP) is 1.96. The summed E-state index contributed by atoms with van der Waals surface area (Å²) in [6.07, 6.45) is 12.0. The van der Waals surface area contributed by atoms with Gasteiger partial charge < -0.3 is 11.5 Å². The third kappa shape index (κ3) is 3.09. The van der Waals surface area contributed by atoms with Crippen molar-refractivity contribution >= 4 is 5.91 Å². The number of rotatable bonds is 1. The van der Waals surface area contributed by atoms with Gasteiger partial charge >= 0.3 is 0 Å². The van der Waals surface area contributed by atoms with Crippen LogP contribution in [-0.2, 0) is 4.79 Å². The van der Waals surface area contributed by atoms with Gasteiger partial charge in [0.15, 0.2) is 0 Å². The summed E-state index contributed by atoms with van der Waals surface area (Å²) in [5, 5.41) is 0. The lowest BCUT2D eigenvalue weighted by molar-refractivity contribution is -0.123. The first-order valence-corrected chi connectivity index (χ1v) is 6.88. The molecule has 0 aliphatic heterocycles. The summed E-state index contributed by atoms with van der Waals surface area (Å²) in [5.41, 5.74) is 11.8. The highest BCUT2D eigenvalue weighted by molar-refractivity contribution is 5.77. The molecule has 1 saturated carbocycles. The van der Waals surface area contributed by atoms with E-state index < -0.39 is 0 Å². The quantitative estimate of drug-likeness (QED) is 0.683. The Labute approximate surface area is 104 Å². The molecule has 0 aromatic heterocycles. The first kappa shape index (κ1) is 12.6. The maximum atomic E-state index is 11.6. The molecule has 96 valence electrons. The largest absolute Gasteiger partial charge is 0.369 e. The van der Waals surface area contributed by atoms with Crippen molar-refractivity contribution < 1.29 is 4.79 Å². The molecule has 3 nitrogen and oxygen atoms in total. The number of carbonyl (C=O) groups excluding carboxylic acids is 1. The highest BCUT2D eigenvalue weighted by Crippen LogP contribution is 2.35. The fraction of sp³-hybridized carbons (Fsp3) is 0.786. The van der Waals surface area contributed by atoms with E-state index in [1.54, 1.807) is 0 Å². The van der Waals surface area contributed by atoms with Crippen LogP contribution >= 0.6 is 0 Å². The van der Waals surface area contributed by atoms with E-state index in [0.717, 1.165) is 32.1 Å². The number of hydrogen-bond donors (Lipinski definition) is 2. The van der Waals surface area contributed by atoms with Gasteiger partial charge in [0.05, 0.1) is 0 Å². The zero-order valence-electron chi connectivity index (χ0n) is 10.5. The molecule has 0 spiro atoms. The van der Waals surface area contributed by atoms with Gasteiger partial charge in [-0.2, -0.15) is 0 Å². The van der Waals surface area contributed by atoms with Crippen LogP contribution in [-0.4, -0.2) is 11.9 Å². The van der Waals surface area contributed by atoms with Crippen molar-refractivity contribution in [1.82, 2.24) is 0 Å². The Hall–Kier alpha value is -0.830. The van der Waals surface area contributed by atoms with Crippen LogP contribution in [0.4, 0.5) is 0 Å². The monoisotopic (exact) mass is 236 g/mol. The third-order valence-corrected chi connectivity index (χ3v) is 4.50. The smallest absolute Gasteiger partial charge is 0.221 e. The summed E-state index contributed by atoms with van der Waals surface area (Å²) in [6, 6.07) is 0.300. The lowest BCUT2D eigenvalue weighted by atomic mass is 9.72. The molecule has 4 unspecified atom stereocenters. The lowest BCUT2D eigenvalue weighted by Gasteiger charge is -2.34. The second-order valence-electron chi connectivity index (χ2n) is 5.66. The van der Waals surface area contributed by atoms with Crippen molar-refractivity contribution in [3.05, 3.63) is 12.2 Å². The van der Waals surface area contributed by atoms with E-state index in [1.807, 2.05) is 0 Å². The van der Waals surface area contributed by atoms with Gasteiger partial charge in [0, 0.05) is 12.0 Å². The van der Waals surface area contributed by atoms with E-state index in [4.69, 9.17) is 11.5 Å². The van der Waals surface area contributed by atoms with Crippen LogP contribution in [0.25, 0.3) is 0 Å². The van der Waals surface area contributed by atoms with Gasteiger partial charge in [0.1, 0.15) is 0 Å². The Morgan fingerprint density at radius 2 is 1.76 bits per heavy atom. The maximum Gasteiger partial charge on any atom is 0.221 e. The molecule has 2 bridgehead atoms. The molecule has 0 aromatic rings. The number of primary amides is 1. The minimum absolute atomic E-state index is 0.0272.